The lowest BCUT2D eigenvalue weighted by molar-refractivity contribution is -0.143. The molecule has 0 amide bonds. The van der Waals surface area contributed by atoms with E-state index in [1.165, 1.54) is 6.07 Å². The molecule has 0 aromatic heterocycles. The van der Waals surface area contributed by atoms with Gasteiger partial charge in [-0.25, -0.2) is 4.39 Å². The van der Waals surface area contributed by atoms with E-state index >= 15 is 0 Å². The van der Waals surface area contributed by atoms with Crippen LogP contribution in [0.5, 0.6) is 0 Å². The fourth-order valence-corrected chi connectivity index (χ4v) is 3.18. The normalized spacial score (nSPS) is 16.8. The van der Waals surface area contributed by atoms with E-state index in [0.29, 0.717) is 18.7 Å². The third-order valence-electron chi connectivity index (χ3n) is 4.53. The number of anilines is 1. The van der Waals surface area contributed by atoms with E-state index in [2.05, 4.69) is 17.0 Å². The first-order valence-electron chi connectivity index (χ1n) is 8.15. The van der Waals surface area contributed by atoms with Gasteiger partial charge in [-0.1, -0.05) is 36.4 Å². The Bertz CT molecular complexity index is 685. The number of piperazine rings is 1. The third kappa shape index (κ3) is 3.74. The van der Waals surface area contributed by atoms with E-state index in [-0.39, 0.29) is 12.2 Å². The van der Waals surface area contributed by atoms with Crippen molar-refractivity contribution < 1.29 is 14.3 Å². The molecule has 24 heavy (non-hydrogen) atoms. The molecule has 2 aromatic carbocycles. The summed E-state index contributed by atoms with van der Waals surface area (Å²) in [6.45, 7) is 2.84. The molecule has 126 valence electrons. The van der Waals surface area contributed by atoms with Gasteiger partial charge in [-0.2, -0.15) is 0 Å². The highest BCUT2D eigenvalue weighted by atomic mass is 19.1. The summed E-state index contributed by atoms with van der Waals surface area (Å²) < 4.78 is 13.8. The highest BCUT2D eigenvalue weighted by Gasteiger charge is 2.29. The molecule has 1 fully saturated rings. The number of halogens is 1. The van der Waals surface area contributed by atoms with Crippen LogP contribution in [0.3, 0.4) is 0 Å². The molecule has 1 atom stereocenters. The number of carbonyl (C=O) groups is 1. The van der Waals surface area contributed by atoms with Gasteiger partial charge in [0.15, 0.2) is 0 Å². The number of carboxylic acid groups (broad SMARTS) is 1. The van der Waals surface area contributed by atoms with E-state index < -0.39 is 12.0 Å². The lowest BCUT2D eigenvalue weighted by Crippen LogP contribution is -2.53. The zero-order chi connectivity index (χ0) is 16.9. The minimum atomic E-state index is -0.897. The quantitative estimate of drug-likeness (QED) is 0.916. The number of carboxylic acids is 1. The summed E-state index contributed by atoms with van der Waals surface area (Å²) in [5, 5.41) is 9.58. The van der Waals surface area contributed by atoms with Gasteiger partial charge in [0.2, 0.25) is 0 Å². The smallest absolute Gasteiger partial charge is 0.321 e. The summed E-state index contributed by atoms with van der Waals surface area (Å²) in [6.07, 6.45) is 0.188. The maximum Gasteiger partial charge on any atom is 0.321 e. The highest BCUT2D eigenvalue weighted by molar-refractivity contribution is 5.74. The van der Waals surface area contributed by atoms with Crippen LogP contribution in [-0.2, 0) is 11.2 Å². The van der Waals surface area contributed by atoms with E-state index in [4.69, 9.17) is 0 Å². The van der Waals surface area contributed by atoms with Crippen LogP contribution in [-0.4, -0.2) is 48.2 Å². The molecule has 5 heteroatoms. The van der Waals surface area contributed by atoms with Gasteiger partial charge < -0.3 is 10.0 Å². The average molecular weight is 328 g/mol. The van der Waals surface area contributed by atoms with Crippen LogP contribution in [0.15, 0.2) is 54.6 Å². The molecule has 0 bridgehead atoms. The number of hydrogen-bond acceptors (Lipinski definition) is 3. The van der Waals surface area contributed by atoms with Crippen LogP contribution in [0.2, 0.25) is 0 Å². The topological polar surface area (TPSA) is 43.8 Å². The fourth-order valence-electron chi connectivity index (χ4n) is 3.18. The van der Waals surface area contributed by atoms with Gasteiger partial charge >= 0.3 is 5.97 Å². The SMILES string of the molecule is O=C(O)[C@@H](Cc1ccccc1F)N1CCN(c2ccccc2)CC1. The lowest BCUT2D eigenvalue weighted by Gasteiger charge is -2.38. The Labute approximate surface area is 141 Å². The molecule has 3 rings (SSSR count). The van der Waals surface area contributed by atoms with E-state index in [1.807, 2.05) is 23.1 Å². The zero-order valence-electron chi connectivity index (χ0n) is 13.4. The molecular formula is C19H21FN2O2. The van der Waals surface area contributed by atoms with Crippen molar-refractivity contribution in [2.45, 2.75) is 12.5 Å². The molecule has 1 saturated heterocycles. The molecule has 0 aliphatic carbocycles. The first kappa shape index (κ1) is 16.5. The molecule has 0 spiro atoms. The van der Waals surface area contributed by atoms with Crippen molar-refractivity contribution in [1.82, 2.24) is 4.90 Å². The minimum absolute atomic E-state index is 0.188. The number of para-hydroxylation sites is 1. The number of aliphatic carboxylic acids is 1. The molecule has 1 N–H and O–H groups in total. The Balaban J connectivity index is 1.66. The summed E-state index contributed by atoms with van der Waals surface area (Å²) in [7, 11) is 0. The second-order valence-electron chi connectivity index (χ2n) is 6.01. The minimum Gasteiger partial charge on any atom is -0.480 e. The fraction of sp³-hybridized carbons (Fsp3) is 0.316. The van der Waals surface area contributed by atoms with Gasteiger partial charge in [-0.3, -0.25) is 9.69 Å². The molecule has 1 heterocycles. The van der Waals surface area contributed by atoms with Crippen LogP contribution in [0, 0.1) is 5.82 Å². The molecule has 0 saturated carbocycles. The standard InChI is InChI=1S/C19H21FN2O2/c20-17-9-5-4-6-15(17)14-18(19(23)24)22-12-10-21(11-13-22)16-7-2-1-3-8-16/h1-9,18H,10-14H2,(H,23,24)/t18-/m1/s1. The van der Waals surface area contributed by atoms with Crippen molar-refractivity contribution in [2.75, 3.05) is 31.1 Å². The Hall–Kier alpha value is -2.40. The van der Waals surface area contributed by atoms with Crippen molar-refractivity contribution in [1.29, 1.82) is 0 Å². The largest absolute Gasteiger partial charge is 0.480 e. The van der Waals surface area contributed by atoms with Crippen LogP contribution in [0.25, 0.3) is 0 Å². The van der Waals surface area contributed by atoms with Gasteiger partial charge in [0.1, 0.15) is 11.9 Å². The maximum atomic E-state index is 13.8. The van der Waals surface area contributed by atoms with Gasteiger partial charge in [-0.15, -0.1) is 0 Å². The van der Waals surface area contributed by atoms with Gasteiger partial charge in [-0.05, 0) is 23.8 Å². The molecule has 1 aliphatic heterocycles. The Kier molecular flexibility index (Phi) is 5.11. The maximum absolute atomic E-state index is 13.8. The van der Waals surface area contributed by atoms with Crippen molar-refractivity contribution in [2.24, 2.45) is 0 Å². The van der Waals surface area contributed by atoms with E-state index in [9.17, 15) is 14.3 Å². The summed E-state index contributed by atoms with van der Waals surface area (Å²) in [5.41, 5.74) is 1.61. The van der Waals surface area contributed by atoms with Gasteiger partial charge in [0.05, 0.1) is 0 Å². The molecule has 0 unspecified atom stereocenters. The van der Waals surface area contributed by atoms with Gasteiger partial charge in [0.25, 0.3) is 0 Å². The lowest BCUT2D eigenvalue weighted by atomic mass is 10.0. The zero-order valence-corrected chi connectivity index (χ0v) is 13.4. The van der Waals surface area contributed by atoms with Crippen molar-refractivity contribution in [3.05, 3.63) is 66.0 Å². The molecule has 0 radical (unpaired) electrons. The first-order chi connectivity index (χ1) is 11.6. The summed E-state index contributed by atoms with van der Waals surface area (Å²) in [4.78, 5) is 15.9. The highest BCUT2D eigenvalue weighted by Crippen LogP contribution is 2.19. The number of benzene rings is 2. The summed E-state index contributed by atoms with van der Waals surface area (Å²) in [5.74, 6) is -1.24. The monoisotopic (exact) mass is 328 g/mol. The molecule has 4 nitrogen and oxygen atoms in total. The summed E-state index contributed by atoms with van der Waals surface area (Å²) in [6, 6.07) is 15.8. The molecule has 2 aromatic rings. The Morgan fingerprint density at radius 3 is 2.25 bits per heavy atom. The number of nitrogens with zero attached hydrogens (tertiary/aromatic N) is 2. The van der Waals surface area contributed by atoms with Crippen LogP contribution in [0.4, 0.5) is 10.1 Å². The van der Waals surface area contributed by atoms with Gasteiger partial charge in [0, 0.05) is 38.3 Å². The number of hydrogen-bond donors (Lipinski definition) is 1. The van der Waals surface area contributed by atoms with Crippen molar-refractivity contribution in [3.8, 4) is 0 Å². The average Bonchev–Trinajstić information content (AvgIpc) is 2.62. The van der Waals surface area contributed by atoms with Crippen molar-refractivity contribution >= 4 is 11.7 Å². The number of rotatable bonds is 5. The Morgan fingerprint density at radius 2 is 1.62 bits per heavy atom. The molecular weight excluding hydrogens is 307 g/mol. The van der Waals surface area contributed by atoms with E-state index in [0.717, 1.165) is 18.8 Å². The molecule has 1 aliphatic rings. The van der Waals surface area contributed by atoms with E-state index in [1.54, 1.807) is 18.2 Å². The third-order valence-corrected chi connectivity index (χ3v) is 4.53. The predicted octanol–water partition coefficient (Wildman–Crippen LogP) is 2.64. The van der Waals surface area contributed by atoms with Crippen molar-refractivity contribution in [3.63, 3.8) is 0 Å². The second kappa shape index (κ2) is 7.45. The second-order valence-corrected chi connectivity index (χ2v) is 6.01. The summed E-state index contributed by atoms with van der Waals surface area (Å²) >= 11 is 0. The van der Waals surface area contributed by atoms with Crippen LogP contribution >= 0.6 is 0 Å². The van der Waals surface area contributed by atoms with Crippen LogP contribution < -0.4 is 4.90 Å². The predicted molar refractivity (Wildman–Crippen MR) is 91.8 cm³/mol. The van der Waals surface area contributed by atoms with Crippen LogP contribution in [0.1, 0.15) is 5.56 Å². The Morgan fingerprint density at radius 1 is 1.00 bits per heavy atom. The first-order valence-corrected chi connectivity index (χ1v) is 8.15.